The van der Waals surface area contributed by atoms with Gasteiger partial charge >= 0.3 is 0 Å². The maximum Gasteiger partial charge on any atom is 0.233 e. The summed E-state index contributed by atoms with van der Waals surface area (Å²) in [7, 11) is 1.48. The minimum atomic E-state index is -0.712. The number of carbonyl (C=O) groups excluding carboxylic acids is 4. The number of allylic oxidation sites excluding steroid dienone is 6. The van der Waals surface area contributed by atoms with Gasteiger partial charge in [-0.25, -0.2) is 0 Å². The van der Waals surface area contributed by atoms with Crippen molar-refractivity contribution in [2.45, 2.75) is 18.8 Å². The fourth-order valence-corrected chi connectivity index (χ4v) is 6.10. The van der Waals surface area contributed by atoms with E-state index in [4.69, 9.17) is 11.6 Å². The van der Waals surface area contributed by atoms with Crippen LogP contribution in [0.15, 0.2) is 51.6 Å². The van der Waals surface area contributed by atoms with Crippen LogP contribution in [0.1, 0.15) is 24.3 Å². The van der Waals surface area contributed by atoms with Gasteiger partial charge in [0.15, 0.2) is 11.6 Å². The SMILES string of the molecule is CN1C(=O)[C@H]2[C@H](CC=C3[C@H](c4cc(Cl)ccc4O)C4=C(C[C@H]32)C(=O)C(Br)=CC4=O)C1=O. The van der Waals surface area contributed by atoms with E-state index in [2.05, 4.69) is 15.9 Å². The van der Waals surface area contributed by atoms with E-state index in [1.165, 1.54) is 19.2 Å². The number of likely N-dealkylation sites (tertiary alicyclic amines) is 1. The number of Topliss-reactive ketones (excluding diaryl/α,β-unsaturated/α-hetero) is 1. The maximum atomic E-state index is 13.0. The number of hydrogen-bond donors (Lipinski definition) is 1. The molecular formula is C23H17BrClNO5. The molecule has 0 aromatic heterocycles. The third kappa shape index (κ3) is 2.83. The molecule has 1 saturated heterocycles. The number of hydrogen-bond acceptors (Lipinski definition) is 5. The Morgan fingerprint density at radius 3 is 2.61 bits per heavy atom. The van der Waals surface area contributed by atoms with Crippen LogP contribution in [0.2, 0.25) is 5.02 Å². The van der Waals surface area contributed by atoms with Crippen molar-refractivity contribution in [2.24, 2.45) is 17.8 Å². The molecular weight excluding hydrogens is 486 g/mol. The van der Waals surface area contributed by atoms with Gasteiger partial charge in [-0.15, -0.1) is 0 Å². The predicted octanol–water partition coefficient (Wildman–Crippen LogP) is 3.44. The normalized spacial score (nSPS) is 30.1. The second-order valence-corrected chi connectivity index (χ2v) is 9.62. The van der Waals surface area contributed by atoms with Crippen LogP contribution in [0.5, 0.6) is 5.75 Å². The van der Waals surface area contributed by atoms with Crippen LogP contribution in [-0.2, 0) is 19.2 Å². The van der Waals surface area contributed by atoms with Gasteiger partial charge in [0.2, 0.25) is 11.8 Å². The lowest BCUT2D eigenvalue weighted by Crippen LogP contribution is -2.39. The van der Waals surface area contributed by atoms with Crippen molar-refractivity contribution >= 4 is 50.9 Å². The van der Waals surface area contributed by atoms with Crippen molar-refractivity contribution in [1.29, 1.82) is 0 Å². The lowest BCUT2D eigenvalue weighted by atomic mass is 9.59. The van der Waals surface area contributed by atoms with Crippen LogP contribution in [0, 0.1) is 17.8 Å². The number of fused-ring (bicyclic) bond motifs is 3. The van der Waals surface area contributed by atoms with E-state index in [1.54, 1.807) is 12.1 Å². The highest BCUT2D eigenvalue weighted by atomic mass is 79.9. The van der Waals surface area contributed by atoms with Gasteiger partial charge in [0.05, 0.1) is 16.3 Å². The first kappa shape index (κ1) is 20.4. The van der Waals surface area contributed by atoms with Gasteiger partial charge in [0, 0.05) is 40.8 Å². The van der Waals surface area contributed by atoms with Crippen molar-refractivity contribution in [3.05, 3.63) is 62.1 Å². The van der Waals surface area contributed by atoms with E-state index in [9.17, 15) is 24.3 Å². The molecule has 4 atom stereocenters. The first-order chi connectivity index (χ1) is 14.7. The second-order valence-electron chi connectivity index (χ2n) is 8.33. The van der Waals surface area contributed by atoms with E-state index in [0.29, 0.717) is 28.2 Å². The largest absolute Gasteiger partial charge is 0.508 e. The quantitative estimate of drug-likeness (QED) is 0.361. The van der Waals surface area contributed by atoms with Gasteiger partial charge < -0.3 is 5.11 Å². The monoisotopic (exact) mass is 501 g/mol. The average Bonchev–Trinajstić information content (AvgIpc) is 2.96. The molecule has 1 aromatic rings. The maximum absolute atomic E-state index is 13.0. The topological polar surface area (TPSA) is 91.8 Å². The number of carbonyl (C=O) groups is 4. The average molecular weight is 503 g/mol. The highest BCUT2D eigenvalue weighted by Gasteiger charge is 2.55. The molecule has 1 aromatic carbocycles. The number of benzene rings is 1. The lowest BCUT2D eigenvalue weighted by molar-refractivity contribution is -0.138. The zero-order valence-electron chi connectivity index (χ0n) is 16.4. The van der Waals surface area contributed by atoms with Crippen molar-refractivity contribution in [2.75, 3.05) is 7.05 Å². The molecule has 1 aliphatic heterocycles. The Hall–Kier alpha value is -2.51. The van der Waals surface area contributed by atoms with Crippen LogP contribution in [0.3, 0.4) is 0 Å². The molecule has 0 unspecified atom stereocenters. The molecule has 0 bridgehead atoms. The minimum Gasteiger partial charge on any atom is -0.508 e. The van der Waals surface area contributed by atoms with E-state index in [-0.39, 0.29) is 40.0 Å². The summed E-state index contributed by atoms with van der Waals surface area (Å²) in [6.07, 6.45) is 3.71. The summed E-state index contributed by atoms with van der Waals surface area (Å²) in [4.78, 5) is 52.8. The number of phenolic OH excluding ortho intramolecular Hbond substituents is 1. The molecule has 1 fully saturated rings. The van der Waals surface area contributed by atoms with E-state index in [1.807, 2.05) is 6.08 Å². The van der Waals surface area contributed by atoms with Crippen molar-refractivity contribution in [1.82, 2.24) is 4.90 Å². The van der Waals surface area contributed by atoms with Gasteiger partial charge in [-0.1, -0.05) is 23.3 Å². The fraction of sp³-hybridized carbons (Fsp3) is 0.304. The van der Waals surface area contributed by atoms with Gasteiger partial charge in [0.1, 0.15) is 5.75 Å². The summed E-state index contributed by atoms with van der Waals surface area (Å²) < 4.78 is 0.163. The summed E-state index contributed by atoms with van der Waals surface area (Å²) in [5.41, 5.74) is 1.81. The predicted molar refractivity (Wildman–Crippen MR) is 115 cm³/mol. The van der Waals surface area contributed by atoms with Crippen molar-refractivity contribution < 1.29 is 24.3 Å². The molecule has 3 aliphatic carbocycles. The molecule has 0 spiro atoms. The number of halogens is 2. The Morgan fingerprint density at radius 2 is 1.87 bits per heavy atom. The zero-order valence-corrected chi connectivity index (χ0v) is 18.7. The summed E-state index contributed by atoms with van der Waals surface area (Å²) in [6, 6.07) is 4.58. The molecule has 4 aliphatic rings. The number of phenols is 1. The molecule has 1 N–H and O–H groups in total. The first-order valence-electron chi connectivity index (χ1n) is 9.89. The first-order valence-corrected chi connectivity index (χ1v) is 11.1. The third-order valence-corrected chi connectivity index (χ3v) is 7.68. The standard InChI is InChI=1S/C23H17BrClNO5/c1-26-22(30)11-4-3-10-12(19(11)23(26)31)7-14-20(17(28)8-15(24)21(14)29)18(10)13-6-9(25)2-5-16(13)27/h2-3,5-6,8,11-12,18-19,27H,4,7H2,1H3/t11-,12+,18+,19-/m0/s1. The number of amides is 2. The van der Waals surface area contributed by atoms with Crippen molar-refractivity contribution in [3.63, 3.8) is 0 Å². The molecule has 31 heavy (non-hydrogen) atoms. The number of rotatable bonds is 1. The highest BCUT2D eigenvalue weighted by Crippen LogP contribution is 2.56. The van der Waals surface area contributed by atoms with Crippen LogP contribution in [0.25, 0.3) is 0 Å². The molecule has 158 valence electrons. The summed E-state index contributed by atoms with van der Waals surface area (Å²) >= 11 is 9.38. The third-order valence-electron chi connectivity index (χ3n) is 6.85. The Labute approximate surface area is 191 Å². The van der Waals surface area contributed by atoms with Crippen molar-refractivity contribution in [3.8, 4) is 5.75 Å². The zero-order chi connectivity index (χ0) is 22.2. The molecule has 6 nitrogen and oxygen atoms in total. The Kier molecular flexibility index (Phi) is 4.61. The molecule has 8 heteroatoms. The minimum absolute atomic E-state index is 0.0512. The lowest BCUT2D eigenvalue weighted by Gasteiger charge is -2.42. The molecule has 0 saturated carbocycles. The molecule has 0 radical (unpaired) electrons. The Bertz CT molecular complexity index is 1200. The van der Waals surface area contributed by atoms with E-state index in [0.717, 1.165) is 10.5 Å². The summed E-state index contributed by atoms with van der Waals surface area (Å²) in [5, 5.41) is 11.0. The number of aromatic hydroxyl groups is 1. The van der Waals surface area contributed by atoms with Crippen LogP contribution < -0.4 is 0 Å². The number of nitrogens with zero attached hydrogens (tertiary/aromatic N) is 1. The smallest absolute Gasteiger partial charge is 0.233 e. The van der Waals surface area contributed by atoms with Gasteiger partial charge in [-0.2, -0.15) is 0 Å². The molecule has 5 rings (SSSR count). The van der Waals surface area contributed by atoms with Gasteiger partial charge in [-0.05, 0) is 52.9 Å². The molecule has 2 amide bonds. The van der Waals surface area contributed by atoms with E-state index < -0.39 is 23.7 Å². The van der Waals surface area contributed by atoms with Gasteiger partial charge in [0.25, 0.3) is 0 Å². The van der Waals surface area contributed by atoms with Crippen LogP contribution >= 0.6 is 27.5 Å². The fourth-order valence-electron chi connectivity index (χ4n) is 5.48. The van der Waals surface area contributed by atoms with Gasteiger partial charge in [-0.3, -0.25) is 24.1 Å². The van der Waals surface area contributed by atoms with Crippen LogP contribution in [0.4, 0.5) is 0 Å². The Balaban J connectivity index is 1.75. The molecule has 1 heterocycles. The van der Waals surface area contributed by atoms with Crippen LogP contribution in [-0.4, -0.2) is 40.4 Å². The summed E-state index contributed by atoms with van der Waals surface area (Å²) in [6.45, 7) is 0. The van der Waals surface area contributed by atoms with E-state index >= 15 is 0 Å². The highest BCUT2D eigenvalue weighted by molar-refractivity contribution is 9.12. The second kappa shape index (κ2) is 7.00. The Morgan fingerprint density at radius 1 is 1.13 bits per heavy atom. The summed E-state index contributed by atoms with van der Waals surface area (Å²) in [5.74, 6) is -3.38. The number of imide groups is 1. The number of ketones is 2.